The molecule has 0 bridgehead atoms. The number of piperazine rings is 1. The molecule has 162 valence electrons. The fraction of sp³-hybridized carbons (Fsp3) is 0.423. The zero-order valence-corrected chi connectivity index (χ0v) is 19.1. The van der Waals surface area contributed by atoms with Crippen molar-refractivity contribution in [1.29, 1.82) is 5.26 Å². The Bertz CT molecular complexity index is 1100. The van der Waals surface area contributed by atoms with Crippen molar-refractivity contribution in [3.05, 3.63) is 59.3 Å². The van der Waals surface area contributed by atoms with E-state index < -0.39 is 0 Å². The number of ether oxygens (including phenoxy) is 1. The van der Waals surface area contributed by atoms with E-state index in [1.54, 1.807) is 12.1 Å². The summed E-state index contributed by atoms with van der Waals surface area (Å²) in [5.41, 5.74) is 4.49. The summed E-state index contributed by atoms with van der Waals surface area (Å²) in [6.07, 6.45) is 0. The zero-order chi connectivity index (χ0) is 22.0. The third-order valence-corrected chi connectivity index (χ3v) is 6.47. The molecule has 0 radical (unpaired) electrons. The van der Waals surface area contributed by atoms with Gasteiger partial charge >= 0.3 is 0 Å². The minimum absolute atomic E-state index is 0.585. The maximum Gasteiger partial charge on any atom is 0.128 e. The van der Waals surface area contributed by atoms with Crippen LogP contribution in [0.2, 0.25) is 0 Å². The third kappa shape index (κ3) is 4.76. The van der Waals surface area contributed by atoms with Crippen LogP contribution in [0.25, 0.3) is 10.9 Å². The first-order chi connectivity index (χ1) is 14.9. The van der Waals surface area contributed by atoms with Gasteiger partial charge in [0.1, 0.15) is 11.5 Å². The van der Waals surface area contributed by atoms with E-state index in [-0.39, 0.29) is 0 Å². The van der Waals surface area contributed by atoms with Crippen LogP contribution in [-0.4, -0.2) is 54.1 Å². The summed E-state index contributed by atoms with van der Waals surface area (Å²) < 4.78 is 8.52. The normalized spacial score (nSPS) is 16.4. The Hall–Kier alpha value is -2.81. The average molecular weight is 417 g/mol. The molecular formula is C26H32N4O. The molecule has 0 spiro atoms. The lowest BCUT2D eigenvalue weighted by molar-refractivity contribution is 0.135. The van der Waals surface area contributed by atoms with Gasteiger partial charge in [0, 0.05) is 55.9 Å². The van der Waals surface area contributed by atoms with Crippen LogP contribution in [0.3, 0.4) is 0 Å². The van der Waals surface area contributed by atoms with Crippen molar-refractivity contribution >= 4 is 10.9 Å². The summed E-state index contributed by atoms with van der Waals surface area (Å²) in [6.45, 7) is 13.6. The topological polar surface area (TPSA) is 44.4 Å². The van der Waals surface area contributed by atoms with Crippen LogP contribution in [0.4, 0.5) is 0 Å². The highest BCUT2D eigenvalue weighted by molar-refractivity contribution is 5.86. The van der Waals surface area contributed by atoms with Crippen LogP contribution < -0.4 is 4.74 Å². The number of hydrogen-bond acceptors (Lipinski definition) is 4. The molecule has 5 heteroatoms. The second-order valence-electron chi connectivity index (χ2n) is 8.95. The molecule has 1 aromatic heterocycles. The van der Waals surface area contributed by atoms with Crippen molar-refractivity contribution < 1.29 is 4.74 Å². The zero-order valence-electron chi connectivity index (χ0n) is 19.1. The smallest absolute Gasteiger partial charge is 0.128 e. The molecule has 3 aromatic rings. The van der Waals surface area contributed by atoms with E-state index >= 15 is 0 Å². The standard InChI is InChI=1S/C26H32N4O/c1-19(17-29-12-10-28(4)11-13-29)18-30-21(3)20(2)25-15-24(8-9-26(25)30)31-23-7-5-6-22(14-23)16-27/h5-9,14-15,19H,10-13,17-18H2,1-4H3. The highest BCUT2D eigenvalue weighted by atomic mass is 16.5. The van der Waals surface area contributed by atoms with Crippen LogP contribution in [0.5, 0.6) is 11.5 Å². The lowest BCUT2D eigenvalue weighted by Crippen LogP contribution is -2.46. The highest BCUT2D eigenvalue weighted by Crippen LogP contribution is 2.31. The van der Waals surface area contributed by atoms with Crippen LogP contribution in [0, 0.1) is 31.1 Å². The molecule has 0 aliphatic carbocycles. The number of likely N-dealkylation sites (N-methyl/N-ethyl adjacent to an activating group) is 1. The van der Waals surface area contributed by atoms with Crippen LogP contribution >= 0.6 is 0 Å². The molecule has 1 unspecified atom stereocenters. The first kappa shape index (κ1) is 21.4. The molecule has 4 rings (SSSR count). The van der Waals surface area contributed by atoms with E-state index in [9.17, 15) is 0 Å². The van der Waals surface area contributed by atoms with E-state index in [2.05, 4.69) is 60.4 Å². The maximum atomic E-state index is 9.11. The molecule has 1 aliphatic heterocycles. The first-order valence-corrected chi connectivity index (χ1v) is 11.1. The molecule has 1 saturated heterocycles. The van der Waals surface area contributed by atoms with Gasteiger partial charge in [0.25, 0.3) is 0 Å². The molecule has 2 heterocycles. The lowest BCUT2D eigenvalue weighted by Gasteiger charge is -2.34. The largest absolute Gasteiger partial charge is 0.457 e. The van der Waals surface area contributed by atoms with Gasteiger partial charge in [0.2, 0.25) is 0 Å². The highest BCUT2D eigenvalue weighted by Gasteiger charge is 2.19. The molecule has 1 aliphatic rings. The molecule has 31 heavy (non-hydrogen) atoms. The van der Waals surface area contributed by atoms with Gasteiger partial charge < -0.3 is 19.1 Å². The monoisotopic (exact) mass is 416 g/mol. The van der Waals surface area contributed by atoms with Gasteiger partial charge in [-0.15, -0.1) is 0 Å². The minimum atomic E-state index is 0.585. The van der Waals surface area contributed by atoms with Crippen molar-refractivity contribution in [3.8, 4) is 17.6 Å². The molecular weight excluding hydrogens is 384 g/mol. The average Bonchev–Trinajstić information content (AvgIpc) is 3.00. The van der Waals surface area contributed by atoms with Gasteiger partial charge in [-0.25, -0.2) is 0 Å². The quantitative estimate of drug-likeness (QED) is 0.579. The van der Waals surface area contributed by atoms with Crippen molar-refractivity contribution in [1.82, 2.24) is 14.4 Å². The van der Waals surface area contributed by atoms with E-state index in [1.165, 1.54) is 35.2 Å². The predicted octanol–water partition coefficient (Wildman–Crippen LogP) is 4.81. The molecule has 0 N–H and O–H groups in total. The van der Waals surface area contributed by atoms with E-state index in [4.69, 9.17) is 10.00 Å². The van der Waals surface area contributed by atoms with Crippen LogP contribution in [0.1, 0.15) is 23.7 Å². The van der Waals surface area contributed by atoms with Crippen LogP contribution in [-0.2, 0) is 6.54 Å². The molecule has 2 aromatic carbocycles. The van der Waals surface area contributed by atoms with Gasteiger partial charge in [0.05, 0.1) is 11.6 Å². The van der Waals surface area contributed by atoms with E-state index in [1.807, 2.05) is 18.2 Å². The second kappa shape index (κ2) is 9.13. The summed E-state index contributed by atoms with van der Waals surface area (Å²) in [7, 11) is 2.21. The molecule has 0 saturated carbocycles. The Kier molecular flexibility index (Phi) is 6.31. The van der Waals surface area contributed by atoms with Gasteiger partial charge in [-0.3, -0.25) is 0 Å². The lowest BCUT2D eigenvalue weighted by atomic mass is 10.1. The number of fused-ring (bicyclic) bond motifs is 1. The predicted molar refractivity (Wildman–Crippen MR) is 126 cm³/mol. The Morgan fingerprint density at radius 1 is 1.00 bits per heavy atom. The van der Waals surface area contributed by atoms with Crippen molar-refractivity contribution in [2.75, 3.05) is 39.8 Å². The van der Waals surface area contributed by atoms with Crippen LogP contribution in [0.15, 0.2) is 42.5 Å². The SMILES string of the molecule is Cc1c(C)n(CC(C)CN2CCN(C)CC2)c2ccc(Oc3cccc(C#N)c3)cc12. The first-order valence-electron chi connectivity index (χ1n) is 11.1. The Balaban J connectivity index is 1.52. The third-order valence-electron chi connectivity index (χ3n) is 6.47. The van der Waals surface area contributed by atoms with Gasteiger partial charge in [-0.1, -0.05) is 13.0 Å². The summed E-state index contributed by atoms with van der Waals surface area (Å²) in [4.78, 5) is 5.00. The molecule has 0 amide bonds. The van der Waals surface area contributed by atoms with Crippen molar-refractivity contribution in [2.45, 2.75) is 27.3 Å². The molecule has 1 atom stereocenters. The number of aromatic nitrogens is 1. The summed E-state index contributed by atoms with van der Waals surface area (Å²) in [6, 6.07) is 15.8. The van der Waals surface area contributed by atoms with Gasteiger partial charge in [-0.2, -0.15) is 5.26 Å². The van der Waals surface area contributed by atoms with Gasteiger partial charge in [-0.05, 0) is 68.8 Å². The van der Waals surface area contributed by atoms with Crippen molar-refractivity contribution in [2.24, 2.45) is 5.92 Å². The van der Waals surface area contributed by atoms with E-state index in [0.29, 0.717) is 17.2 Å². The summed E-state index contributed by atoms with van der Waals surface area (Å²) in [5.74, 6) is 2.07. The number of aryl methyl sites for hydroxylation is 1. The minimum Gasteiger partial charge on any atom is -0.457 e. The van der Waals surface area contributed by atoms with Gasteiger partial charge in [0.15, 0.2) is 0 Å². The maximum absolute atomic E-state index is 9.11. The molecule has 1 fully saturated rings. The fourth-order valence-corrected chi connectivity index (χ4v) is 4.53. The molecule has 5 nitrogen and oxygen atoms in total. The van der Waals surface area contributed by atoms with Crippen molar-refractivity contribution in [3.63, 3.8) is 0 Å². The number of rotatable bonds is 6. The Morgan fingerprint density at radius 2 is 1.74 bits per heavy atom. The Labute approximate surface area is 185 Å². The number of benzene rings is 2. The second-order valence-corrected chi connectivity index (χ2v) is 8.95. The van der Waals surface area contributed by atoms with E-state index in [0.717, 1.165) is 31.9 Å². The number of hydrogen-bond donors (Lipinski definition) is 0. The number of nitrogens with zero attached hydrogens (tertiary/aromatic N) is 4. The Morgan fingerprint density at radius 3 is 2.48 bits per heavy atom. The summed E-state index contributed by atoms with van der Waals surface area (Å²) in [5, 5.41) is 10.3. The summed E-state index contributed by atoms with van der Waals surface area (Å²) >= 11 is 0. The number of nitriles is 1. The fourth-order valence-electron chi connectivity index (χ4n) is 4.53.